The van der Waals surface area contributed by atoms with Crippen LogP contribution < -0.4 is 10.6 Å². The molecular weight excluding hydrogens is 192 g/mol. The Balaban J connectivity index is 2.14. The summed E-state index contributed by atoms with van der Waals surface area (Å²) in [6.45, 7) is 1.91. The zero-order chi connectivity index (χ0) is 10.9. The quantitative estimate of drug-likeness (QED) is 0.669. The van der Waals surface area contributed by atoms with E-state index in [9.17, 15) is 9.59 Å². The van der Waals surface area contributed by atoms with Gasteiger partial charge in [-0.1, -0.05) is 26.2 Å². The number of hydrogen-bond donors (Lipinski definition) is 2. The van der Waals surface area contributed by atoms with Gasteiger partial charge in [-0.25, -0.2) is 0 Å². The van der Waals surface area contributed by atoms with E-state index in [0.717, 1.165) is 25.7 Å². The van der Waals surface area contributed by atoms with Crippen molar-refractivity contribution in [2.75, 3.05) is 0 Å². The summed E-state index contributed by atoms with van der Waals surface area (Å²) in [7, 11) is 0. The predicted octanol–water partition coefficient (Wildman–Crippen LogP) is 0.714. The van der Waals surface area contributed by atoms with E-state index in [2.05, 4.69) is 10.6 Å². The van der Waals surface area contributed by atoms with Crippen LogP contribution in [0.25, 0.3) is 0 Å². The number of piperazine rings is 1. The average Bonchev–Trinajstić information content (AvgIpc) is 2.25. The van der Waals surface area contributed by atoms with Crippen molar-refractivity contribution in [3.8, 4) is 0 Å². The number of carbonyl (C=O) groups is 2. The van der Waals surface area contributed by atoms with Gasteiger partial charge in [-0.3, -0.25) is 9.59 Å². The molecular formula is C11H18N2O2. The molecule has 2 rings (SSSR count). The van der Waals surface area contributed by atoms with Gasteiger partial charge in [-0.15, -0.1) is 0 Å². The standard InChI is InChI=1S/C11H18N2O2/c1-2-8-9(14)13-11(10(15)12-8)6-4-3-5-7-11/h8H,2-7H2,1H3,(H,12,15)(H,13,14). The summed E-state index contributed by atoms with van der Waals surface area (Å²) in [6, 6.07) is -0.329. The lowest BCUT2D eigenvalue weighted by molar-refractivity contribution is -0.143. The fourth-order valence-corrected chi connectivity index (χ4v) is 2.54. The van der Waals surface area contributed by atoms with Gasteiger partial charge < -0.3 is 10.6 Å². The minimum atomic E-state index is -0.582. The lowest BCUT2D eigenvalue weighted by atomic mass is 9.79. The Morgan fingerprint density at radius 3 is 2.53 bits per heavy atom. The first-order valence-corrected chi connectivity index (χ1v) is 5.81. The Labute approximate surface area is 89.8 Å². The minimum Gasteiger partial charge on any atom is -0.342 e. The number of nitrogens with one attached hydrogen (secondary N) is 2. The highest BCUT2D eigenvalue weighted by molar-refractivity contribution is 5.99. The Kier molecular flexibility index (Phi) is 2.67. The molecule has 1 aliphatic carbocycles. The van der Waals surface area contributed by atoms with Crippen LogP contribution in [0.2, 0.25) is 0 Å². The van der Waals surface area contributed by atoms with Crippen molar-refractivity contribution >= 4 is 11.8 Å². The van der Waals surface area contributed by atoms with Crippen LogP contribution in [0, 0.1) is 0 Å². The highest BCUT2D eigenvalue weighted by Gasteiger charge is 2.46. The largest absolute Gasteiger partial charge is 0.342 e. The molecule has 0 aromatic heterocycles. The molecule has 0 radical (unpaired) electrons. The second-order valence-corrected chi connectivity index (χ2v) is 4.57. The van der Waals surface area contributed by atoms with Crippen molar-refractivity contribution in [3.05, 3.63) is 0 Å². The van der Waals surface area contributed by atoms with Gasteiger partial charge in [0, 0.05) is 0 Å². The maximum absolute atomic E-state index is 12.0. The summed E-state index contributed by atoms with van der Waals surface area (Å²) >= 11 is 0. The van der Waals surface area contributed by atoms with Gasteiger partial charge in [-0.05, 0) is 19.3 Å². The van der Waals surface area contributed by atoms with Crippen LogP contribution >= 0.6 is 0 Å². The number of carbonyl (C=O) groups excluding carboxylic acids is 2. The van der Waals surface area contributed by atoms with E-state index in [0.29, 0.717) is 6.42 Å². The maximum Gasteiger partial charge on any atom is 0.246 e. The molecule has 1 heterocycles. The van der Waals surface area contributed by atoms with Gasteiger partial charge in [-0.2, -0.15) is 0 Å². The zero-order valence-electron chi connectivity index (χ0n) is 9.14. The Morgan fingerprint density at radius 2 is 1.93 bits per heavy atom. The SMILES string of the molecule is CCC1NC(=O)C2(CCCCC2)NC1=O. The normalized spacial score (nSPS) is 29.8. The fraction of sp³-hybridized carbons (Fsp3) is 0.818. The van der Waals surface area contributed by atoms with Crippen molar-refractivity contribution in [1.82, 2.24) is 10.6 Å². The van der Waals surface area contributed by atoms with Gasteiger partial charge in [0.1, 0.15) is 11.6 Å². The van der Waals surface area contributed by atoms with Crippen LogP contribution in [0.1, 0.15) is 45.4 Å². The lowest BCUT2D eigenvalue weighted by Gasteiger charge is -2.42. The first-order chi connectivity index (χ1) is 7.18. The number of rotatable bonds is 1. The van der Waals surface area contributed by atoms with E-state index in [1.54, 1.807) is 0 Å². The average molecular weight is 210 g/mol. The third-order valence-electron chi connectivity index (χ3n) is 3.53. The van der Waals surface area contributed by atoms with E-state index < -0.39 is 5.54 Å². The van der Waals surface area contributed by atoms with E-state index in [1.165, 1.54) is 6.42 Å². The lowest BCUT2D eigenvalue weighted by Crippen LogP contribution is -2.69. The summed E-state index contributed by atoms with van der Waals surface area (Å²) in [6.07, 6.45) is 5.48. The van der Waals surface area contributed by atoms with Crippen LogP contribution in [-0.4, -0.2) is 23.4 Å². The van der Waals surface area contributed by atoms with Crippen molar-refractivity contribution in [2.45, 2.75) is 57.0 Å². The van der Waals surface area contributed by atoms with Crippen LogP contribution in [0.4, 0.5) is 0 Å². The van der Waals surface area contributed by atoms with Crippen LogP contribution in [0.15, 0.2) is 0 Å². The summed E-state index contributed by atoms with van der Waals surface area (Å²) in [4.78, 5) is 23.7. The Bertz CT molecular complexity index is 282. The molecule has 0 aromatic carbocycles. The molecule has 1 spiro atoms. The molecule has 2 fully saturated rings. The molecule has 1 unspecified atom stereocenters. The van der Waals surface area contributed by atoms with E-state index in [4.69, 9.17) is 0 Å². The Morgan fingerprint density at radius 1 is 1.27 bits per heavy atom. The molecule has 1 atom stereocenters. The van der Waals surface area contributed by atoms with Gasteiger partial charge >= 0.3 is 0 Å². The minimum absolute atomic E-state index is 0.0148. The van der Waals surface area contributed by atoms with Gasteiger partial charge in [0.25, 0.3) is 0 Å². The van der Waals surface area contributed by atoms with Crippen molar-refractivity contribution in [2.24, 2.45) is 0 Å². The summed E-state index contributed by atoms with van der Waals surface area (Å²) in [5, 5.41) is 5.76. The molecule has 2 aliphatic rings. The van der Waals surface area contributed by atoms with Crippen LogP contribution in [0.3, 0.4) is 0 Å². The van der Waals surface area contributed by atoms with Gasteiger partial charge in [0.2, 0.25) is 11.8 Å². The molecule has 1 saturated carbocycles. The molecule has 2 N–H and O–H groups in total. The predicted molar refractivity (Wildman–Crippen MR) is 56.2 cm³/mol. The zero-order valence-corrected chi connectivity index (χ0v) is 9.14. The summed E-state index contributed by atoms with van der Waals surface area (Å²) < 4.78 is 0. The third-order valence-corrected chi connectivity index (χ3v) is 3.53. The molecule has 1 aliphatic heterocycles. The number of amides is 2. The van der Waals surface area contributed by atoms with E-state index in [1.807, 2.05) is 6.92 Å². The topological polar surface area (TPSA) is 58.2 Å². The molecule has 4 heteroatoms. The fourth-order valence-electron chi connectivity index (χ4n) is 2.54. The second kappa shape index (κ2) is 3.83. The molecule has 1 saturated heterocycles. The van der Waals surface area contributed by atoms with Crippen LogP contribution in [0.5, 0.6) is 0 Å². The maximum atomic E-state index is 12.0. The van der Waals surface area contributed by atoms with Crippen LogP contribution in [-0.2, 0) is 9.59 Å². The van der Waals surface area contributed by atoms with Crippen molar-refractivity contribution < 1.29 is 9.59 Å². The molecule has 2 amide bonds. The third kappa shape index (κ3) is 1.73. The van der Waals surface area contributed by atoms with Gasteiger partial charge in [0.15, 0.2) is 0 Å². The highest BCUT2D eigenvalue weighted by Crippen LogP contribution is 2.30. The first kappa shape index (κ1) is 10.5. The monoisotopic (exact) mass is 210 g/mol. The second-order valence-electron chi connectivity index (χ2n) is 4.57. The van der Waals surface area contributed by atoms with Crippen molar-refractivity contribution in [3.63, 3.8) is 0 Å². The van der Waals surface area contributed by atoms with Crippen molar-refractivity contribution in [1.29, 1.82) is 0 Å². The molecule has 84 valence electrons. The smallest absolute Gasteiger partial charge is 0.246 e. The molecule has 15 heavy (non-hydrogen) atoms. The van der Waals surface area contributed by atoms with E-state index in [-0.39, 0.29) is 17.9 Å². The van der Waals surface area contributed by atoms with Gasteiger partial charge in [0.05, 0.1) is 0 Å². The summed E-state index contributed by atoms with van der Waals surface area (Å²) in [5.41, 5.74) is -0.582. The molecule has 4 nitrogen and oxygen atoms in total. The highest BCUT2D eigenvalue weighted by atomic mass is 16.2. The molecule has 0 aromatic rings. The molecule has 0 bridgehead atoms. The summed E-state index contributed by atoms with van der Waals surface area (Å²) in [5.74, 6) is 0.00708. The Hall–Kier alpha value is -1.06. The number of hydrogen-bond acceptors (Lipinski definition) is 2. The first-order valence-electron chi connectivity index (χ1n) is 5.81. The van der Waals surface area contributed by atoms with E-state index >= 15 is 0 Å².